The van der Waals surface area contributed by atoms with Crippen LogP contribution in [0.3, 0.4) is 0 Å². The first-order valence-electron chi connectivity index (χ1n) is 6.25. The van der Waals surface area contributed by atoms with Crippen molar-refractivity contribution in [3.63, 3.8) is 0 Å². The number of aryl methyl sites for hydroxylation is 1. The summed E-state index contributed by atoms with van der Waals surface area (Å²) in [6.07, 6.45) is 0. The Labute approximate surface area is 123 Å². The number of hydrogen-bond acceptors (Lipinski definition) is 5. The van der Waals surface area contributed by atoms with Gasteiger partial charge in [0, 0.05) is 5.56 Å². The van der Waals surface area contributed by atoms with Gasteiger partial charge in [0.25, 0.3) is 10.1 Å². The van der Waals surface area contributed by atoms with Crippen LogP contribution >= 0.6 is 0 Å². The van der Waals surface area contributed by atoms with Crippen molar-refractivity contribution >= 4 is 15.8 Å². The van der Waals surface area contributed by atoms with Gasteiger partial charge in [-0.25, -0.2) is 0 Å². The number of benzene rings is 2. The molecule has 0 bridgehead atoms. The van der Waals surface area contributed by atoms with Crippen molar-refractivity contribution in [3.8, 4) is 0 Å². The van der Waals surface area contributed by atoms with Crippen LogP contribution in [0.15, 0.2) is 64.6 Å². The fraction of sp³-hybridized carbons (Fsp3) is 0.133. The maximum Gasteiger partial charge on any atom is 0.297 e. The maximum atomic E-state index is 12.0. The first-order chi connectivity index (χ1) is 10.0. The molecule has 1 N–H and O–H groups in total. The molecule has 0 fully saturated rings. The number of hydrogen-bond donors (Lipinski definition) is 1. The Bertz CT molecular complexity index is 722. The summed E-state index contributed by atoms with van der Waals surface area (Å²) in [6, 6.07) is 15.1. The monoisotopic (exact) mass is 305 g/mol. The highest BCUT2D eigenvalue weighted by Gasteiger charge is 2.17. The van der Waals surface area contributed by atoms with Gasteiger partial charge in [-0.3, -0.25) is 4.18 Å². The summed E-state index contributed by atoms with van der Waals surface area (Å²) in [5, 5.41) is 12.1. The van der Waals surface area contributed by atoms with Crippen molar-refractivity contribution in [2.45, 2.75) is 11.8 Å². The van der Waals surface area contributed by atoms with E-state index in [4.69, 9.17) is 9.39 Å². The normalized spacial score (nSPS) is 12.3. The van der Waals surface area contributed by atoms with E-state index in [1.54, 1.807) is 36.4 Å². The third-order valence-corrected chi connectivity index (χ3v) is 4.17. The van der Waals surface area contributed by atoms with Crippen molar-refractivity contribution in [3.05, 3.63) is 65.7 Å². The van der Waals surface area contributed by atoms with Gasteiger partial charge < -0.3 is 5.21 Å². The lowest BCUT2D eigenvalue weighted by Crippen LogP contribution is -2.15. The molecule has 0 spiro atoms. The smallest absolute Gasteiger partial charge is 0.297 e. The Balaban J connectivity index is 2.13. The summed E-state index contributed by atoms with van der Waals surface area (Å²) < 4.78 is 29.0. The summed E-state index contributed by atoms with van der Waals surface area (Å²) in [6.45, 7) is 1.53. The van der Waals surface area contributed by atoms with E-state index in [9.17, 15) is 8.42 Å². The molecule has 0 aliphatic carbocycles. The molecule has 2 aromatic carbocycles. The Morgan fingerprint density at radius 2 is 1.71 bits per heavy atom. The number of nitrogens with zero attached hydrogens (tertiary/aromatic N) is 1. The second kappa shape index (κ2) is 6.51. The fourth-order valence-electron chi connectivity index (χ4n) is 1.71. The molecule has 2 rings (SSSR count). The van der Waals surface area contributed by atoms with Crippen molar-refractivity contribution in [2.75, 3.05) is 6.61 Å². The van der Waals surface area contributed by atoms with E-state index >= 15 is 0 Å². The van der Waals surface area contributed by atoms with Gasteiger partial charge in [0.05, 0.1) is 4.90 Å². The number of rotatable bonds is 5. The van der Waals surface area contributed by atoms with E-state index in [1.807, 2.05) is 13.0 Å². The topological polar surface area (TPSA) is 76.0 Å². The predicted molar refractivity (Wildman–Crippen MR) is 79.1 cm³/mol. The van der Waals surface area contributed by atoms with E-state index in [1.165, 1.54) is 12.1 Å². The second-order valence-electron chi connectivity index (χ2n) is 4.44. The van der Waals surface area contributed by atoms with Crippen LogP contribution in [-0.2, 0) is 14.3 Å². The molecule has 2 aromatic rings. The van der Waals surface area contributed by atoms with Gasteiger partial charge in [0.1, 0.15) is 12.3 Å². The van der Waals surface area contributed by atoms with Crippen molar-refractivity contribution in [2.24, 2.45) is 5.16 Å². The lowest BCUT2D eigenvalue weighted by molar-refractivity contribution is 0.308. The summed E-state index contributed by atoms with van der Waals surface area (Å²) >= 11 is 0. The minimum atomic E-state index is -3.88. The molecule has 0 aromatic heterocycles. The van der Waals surface area contributed by atoms with Crippen LogP contribution in [0.5, 0.6) is 0 Å². The molecule has 0 radical (unpaired) electrons. The first kappa shape index (κ1) is 15.2. The Hall–Kier alpha value is -2.18. The van der Waals surface area contributed by atoms with Crippen LogP contribution < -0.4 is 0 Å². The van der Waals surface area contributed by atoms with E-state index < -0.39 is 10.1 Å². The van der Waals surface area contributed by atoms with Crippen LogP contribution in [0.2, 0.25) is 0 Å². The molecule has 0 atom stereocenters. The van der Waals surface area contributed by atoms with Crippen LogP contribution in [-0.4, -0.2) is 25.9 Å². The molecule has 110 valence electrons. The molecule has 0 unspecified atom stereocenters. The Morgan fingerprint density at radius 3 is 2.29 bits per heavy atom. The molecule has 5 nitrogen and oxygen atoms in total. The van der Waals surface area contributed by atoms with Gasteiger partial charge in [0.15, 0.2) is 0 Å². The highest BCUT2D eigenvalue weighted by atomic mass is 32.2. The third-order valence-electron chi connectivity index (χ3n) is 2.89. The predicted octanol–water partition coefficient (Wildman–Crippen LogP) is 2.58. The number of oxime groups is 1. The lowest BCUT2D eigenvalue weighted by atomic mass is 10.1. The van der Waals surface area contributed by atoms with E-state index in [0.717, 1.165) is 5.56 Å². The zero-order valence-electron chi connectivity index (χ0n) is 11.4. The van der Waals surface area contributed by atoms with Crippen LogP contribution in [0.25, 0.3) is 0 Å². The molecule has 21 heavy (non-hydrogen) atoms. The lowest BCUT2D eigenvalue weighted by Gasteiger charge is -2.07. The molecule has 0 aliphatic heterocycles. The Morgan fingerprint density at radius 1 is 1.10 bits per heavy atom. The van der Waals surface area contributed by atoms with Gasteiger partial charge in [-0.1, -0.05) is 53.2 Å². The van der Waals surface area contributed by atoms with E-state index in [0.29, 0.717) is 5.56 Å². The summed E-state index contributed by atoms with van der Waals surface area (Å²) in [5.74, 6) is 0. The highest BCUT2D eigenvalue weighted by Crippen LogP contribution is 2.14. The van der Waals surface area contributed by atoms with Crippen molar-refractivity contribution < 1.29 is 17.8 Å². The molecule has 0 saturated heterocycles. The average molecular weight is 305 g/mol. The summed E-state index contributed by atoms with van der Waals surface area (Å²) in [4.78, 5) is 0.0680. The standard InChI is InChI=1S/C15H15NO4S/c1-12-7-9-14(10-8-12)21(18,19)20-11-15(16-17)13-5-3-2-4-6-13/h2-10,17H,11H2,1H3/b16-15-. The summed E-state index contributed by atoms with van der Waals surface area (Å²) in [7, 11) is -3.88. The average Bonchev–Trinajstić information content (AvgIpc) is 2.49. The molecule has 0 saturated carbocycles. The van der Waals surface area contributed by atoms with Gasteiger partial charge in [-0.05, 0) is 19.1 Å². The molecular formula is C15H15NO4S. The largest absolute Gasteiger partial charge is 0.411 e. The van der Waals surface area contributed by atoms with E-state index in [-0.39, 0.29) is 17.2 Å². The summed E-state index contributed by atoms with van der Waals surface area (Å²) in [5.41, 5.74) is 1.70. The fourth-order valence-corrected chi connectivity index (χ4v) is 2.58. The molecule has 0 heterocycles. The van der Waals surface area contributed by atoms with Crippen molar-refractivity contribution in [1.82, 2.24) is 0 Å². The van der Waals surface area contributed by atoms with Crippen LogP contribution in [0.4, 0.5) is 0 Å². The van der Waals surface area contributed by atoms with Gasteiger partial charge in [0.2, 0.25) is 0 Å². The highest BCUT2D eigenvalue weighted by molar-refractivity contribution is 7.86. The zero-order chi connectivity index (χ0) is 15.3. The second-order valence-corrected chi connectivity index (χ2v) is 6.06. The van der Waals surface area contributed by atoms with Gasteiger partial charge in [-0.2, -0.15) is 8.42 Å². The minimum absolute atomic E-state index is 0.0680. The van der Waals surface area contributed by atoms with Crippen LogP contribution in [0, 0.1) is 6.92 Å². The SMILES string of the molecule is Cc1ccc(S(=O)(=O)OC/C(=N/O)c2ccccc2)cc1. The van der Waals surface area contributed by atoms with Crippen molar-refractivity contribution in [1.29, 1.82) is 0 Å². The van der Waals surface area contributed by atoms with E-state index in [2.05, 4.69) is 5.16 Å². The molecular weight excluding hydrogens is 290 g/mol. The Kier molecular flexibility index (Phi) is 4.72. The molecule has 0 amide bonds. The third kappa shape index (κ3) is 3.90. The zero-order valence-corrected chi connectivity index (χ0v) is 12.2. The maximum absolute atomic E-state index is 12.0. The quantitative estimate of drug-likeness (QED) is 0.399. The molecule has 0 aliphatic rings. The van der Waals surface area contributed by atoms with Gasteiger partial charge >= 0.3 is 0 Å². The molecule has 6 heteroatoms. The first-order valence-corrected chi connectivity index (χ1v) is 7.66. The minimum Gasteiger partial charge on any atom is -0.411 e. The van der Waals surface area contributed by atoms with Gasteiger partial charge in [-0.15, -0.1) is 0 Å². The van der Waals surface area contributed by atoms with Crippen LogP contribution in [0.1, 0.15) is 11.1 Å².